The van der Waals surface area contributed by atoms with E-state index in [1.54, 1.807) is 31.3 Å². The Balaban J connectivity index is 1.68. The lowest BCUT2D eigenvalue weighted by Crippen LogP contribution is -2.26. The van der Waals surface area contributed by atoms with Gasteiger partial charge in [0.05, 0.1) is 30.0 Å². The van der Waals surface area contributed by atoms with E-state index < -0.39 is 6.04 Å². The Morgan fingerprint density at radius 3 is 2.72 bits per heavy atom. The molecule has 32 heavy (non-hydrogen) atoms. The molecule has 0 aliphatic heterocycles. The zero-order valence-corrected chi connectivity index (χ0v) is 19.2. The lowest BCUT2D eigenvalue weighted by Gasteiger charge is -2.20. The second kappa shape index (κ2) is 9.87. The van der Waals surface area contributed by atoms with Gasteiger partial charge in [0.25, 0.3) is 0 Å². The first-order valence-corrected chi connectivity index (χ1v) is 11.5. The lowest BCUT2D eigenvalue weighted by atomic mass is 10.1. The summed E-state index contributed by atoms with van der Waals surface area (Å²) >= 11 is 1.63. The van der Waals surface area contributed by atoms with Crippen LogP contribution in [0.3, 0.4) is 0 Å². The Morgan fingerprint density at radius 1 is 1.16 bits per heavy atom. The number of nitrogens with zero attached hydrogens (tertiary/aromatic N) is 3. The largest absolute Gasteiger partial charge is 0.495 e. The number of hydrogen-bond acceptors (Lipinski definition) is 5. The molecule has 0 fully saturated rings. The van der Waals surface area contributed by atoms with Gasteiger partial charge in [0.15, 0.2) is 5.16 Å². The minimum absolute atomic E-state index is 0.113. The third-order valence-corrected chi connectivity index (χ3v) is 6.44. The molecule has 1 atom stereocenters. The molecule has 2 aromatic heterocycles. The van der Waals surface area contributed by atoms with Crippen molar-refractivity contribution in [1.29, 1.82) is 0 Å². The van der Waals surface area contributed by atoms with Crippen molar-refractivity contribution in [2.24, 2.45) is 0 Å². The highest BCUT2D eigenvalue weighted by atomic mass is 32.2. The highest BCUT2D eigenvalue weighted by Gasteiger charge is 2.25. The third-order valence-electron chi connectivity index (χ3n) is 5.44. The topological polar surface area (TPSA) is 69.0 Å². The Morgan fingerprint density at radius 2 is 1.94 bits per heavy atom. The predicted octanol–water partition coefficient (Wildman–Crippen LogP) is 5.63. The number of nitrogens with one attached hydrogen (secondary N) is 1. The smallest absolute Gasteiger partial charge is 0.247 e. The van der Waals surface area contributed by atoms with Gasteiger partial charge in [-0.15, -0.1) is 0 Å². The number of carbonyl (C=O) groups is 1. The zero-order valence-electron chi connectivity index (χ0n) is 18.4. The maximum absolute atomic E-state index is 13.4. The standard InChI is InChI=1S/C25H26N4O2S/c1-4-21(24(30)27-20-11-7-8-12-23(20)31-3)29-22-15-26-14-13-19(22)28-25(29)32-16-18-10-6-5-9-17(18)2/h5-15,21H,4,16H2,1-3H3,(H,27,30)/t21-/m1/s1. The molecule has 0 unspecified atom stereocenters. The number of anilines is 1. The molecule has 0 saturated carbocycles. The van der Waals surface area contributed by atoms with Crippen LogP contribution in [-0.2, 0) is 10.5 Å². The van der Waals surface area contributed by atoms with E-state index in [9.17, 15) is 4.79 Å². The first-order chi connectivity index (χ1) is 15.6. The molecule has 0 spiro atoms. The number of amides is 1. The predicted molar refractivity (Wildman–Crippen MR) is 129 cm³/mol. The van der Waals surface area contributed by atoms with Crippen LogP contribution in [0.1, 0.15) is 30.5 Å². The molecule has 1 amide bonds. The Kier molecular flexibility index (Phi) is 6.75. The molecule has 0 aliphatic carbocycles. The molecule has 6 nitrogen and oxygen atoms in total. The number of fused-ring (bicyclic) bond motifs is 1. The van der Waals surface area contributed by atoms with Crippen LogP contribution in [0.5, 0.6) is 5.75 Å². The maximum Gasteiger partial charge on any atom is 0.247 e. The fraction of sp³-hybridized carbons (Fsp3) is 0.240. The van der Waals surface area contributed by atoms with Gasteiger partial charge in [0.2, 0.25) is 5.91 Å². The minimum atomic E-state index is -0.437. The van der Waals surface area contributed by atoms with E-state index >= 15 is 0 Å². The van der Waals surface area contributed by atoms with Crippen molar-refractivity contribution in [3.8, 4) is 5.75 Å². The van der Waals surface area contributed by atoms with Gasteiger partial charge < -0.3 is 14.6 Å². The number of hydrogen-bond donors (Lipinski definition) is 1. The van der Waals surface area contributed by atoms with Crippen LogP contribution in [0.4, 0.5) is 5.69 Å². The summed E-state index contributed by atoms with van der Waals surface area (Å²) in [5.41, 5.74) is 4.82. The molecular formula is C25H26N4O2S. The van der Waals surface area contributed by atoms with Crippen LogP contribution >= 0.6 is 11.8 Å². The van der Waals surface area contributed by atoms with Gasteiger partial charge >= 0.3 is 0 Å². The van der Waals surface area contributed by atoms with Crippen molar-refractivity contribution < 1.29 is 9.53 Å². The number of benzene rings is 2. The first kappa shape index (κ1) is 21.9. The van der Waals surface area contributed by atoms with E-state index in [-0.39, 0.29) is 5.91 Å². The van der Waals surface area contributed by atoms with Crippen LogP contribution in [0, 0.1) is 6.92 Å². The summed E-state index contributed by atoms with van der Waals surface area (Å²) in [6, 6.07) is 17.2. The number of carbonyl (C=O) groups excluding carboxylic acids is 1. The highest BCUT2D eigenvalue weighted by molar-refractivity contribution is 7.98. The van der Waals surface area contributed by atoms with Crippen molar-refractivity contribution in [2.75, 3.05) is 12.4 Å². The van der Waals surface area contributed by atoms with E-state index in [4.69, 9.17) is 9.72 Å². The molecule has 0 radical (unpaired) electrons. The molecule has 0 saturated heterocycles. The number of imidazole rings is 1. The number of methoxy groups -OCH3 is 1. The lowest BCUT2D eigenvalue weighted by molar-refractivity contribution is -0.119. The molecule has 4 aromatic rings. The van der Waals surface area contributed by atoms with Gasteiger partial charge in [-0.25, -0.2) is 4.98 Å². The highest BCUT2D eigenvalue weighted by Crippen LogP contribution is 2.33. The second-order valence-electron chi connectivity index (χ2n) is 7.46. The Bertz CT molecular complexity index is 1240. The van der Waals surface area contributed by atoms with Gasteiger partial charge in [-0.05, 0) is 42.7 Å². The van der Waals surface area contributed by atoms with Crippen LogP contribution in [-0.4, -0.2) is 27.6 Å². The molecular weight excluding hydrogens is 420 g/mol. The van der Waals surface area contributed by atoms with Gasteiger partial charge in [-0.3, -0.25) is 9.78 Å². The van der Waals surface area contributed by atoms with Crippen molar-refractivity contribution >= 4 is 34.4 Å². The fourth-order valence-electron chi connectivity index (χ4n) is 3.69. The van der Waals surface area contributed by atoms with Crippen molar-refractivity contribution in [2.45, 2.75) is 37.2 Å². The molecule has 1 N–H and O–H groups in total. The van der Waals surface area contributed by atoms with Gasteiger partial charge in [-0.1, -0.05) is 55.1 Å². The fourth-order valence-corrected chi connectivity index (χ4v) is 4.82. The van der Waals surface area contributed by atoms with E-state index in [0.29, 0.717) is 17.9 Å². The molecule has 2 aromatic carbocycles. The van der Waals surface area contributed by atoms with E-state index in [2.05, 4.69) is 29.4 Å². The van der Waals surface area contributed by atoms with Crippen molar-refractivity contribution in [3.05, 3.63) is 78.1 Å². The Hall–Kier alpha value is -3.32. The van der Waals surface area contributed by atoms with Crippen molar-refractivity contribution in [1.82, 2.24) is 14.5 Å². The quantitative estimate of drug-likeness (QED) is 0.355. The molecule has 0 bridgehead atoms. The molecule has 164 valence electrons. The van der Waals surface area contributed by atoms with Crippen LogP contribution in [0.15, 0.2) is 72.1 Å². The molecule has 7 heteroatoms. The van der Waals surface area contributed by atoms with Gasteiger partial charge in [0, 0.05) is 11.9 Å². The van der Waals surface area contributed by atoms with Crippen molar-refractivity contribution in [3.63, 3.8) is 0 Å². The summed E-state index contributed by atoms with van der Waals surface area (Å²) in [5, 5.41) is 3.84. The second-order valence-corrected chi connectivity index (χ2v) is 8.40. The van der Waals surface area contributed by atoms with Crippen LogP contribution in [0.25, 0.3) is 11.0 Å². The zero-order chi connectivity index (χ0) is 22.5. The SMILES string of the molecule is CC[C@H](C(=O)Nc1ccccc1OC)n1c(SCc2ccccc2C)nc2ccncc21. The first-order valence-electron chi connectivity index (χ1n) is 10.6. The molecule has 4 rings (SSSR count). The number of ether oxygens (including phenoxy) is 1. The number of aryl methyl sites for hydroxylation is 1. The maximum atomic E-state index is 13.4. The summed E-state index contributed by atoms with van der Waals surface area (Å²) in [7, 11) is 1.59. The number of rotatable bonds is 8. The van der Waals surface area contributed by atoms with E-state index in [0.717, 1.165) is 21.9 Å². The summed E-state index contributed by atoms with van der Waals surface area (Å²) in [5.74, 6) is 1.29. The molecule has 2 heterocycles. The number of thioether (sulfide) groups is 1. The number of pyridine rings is 1. The summed E-state index contributed by atoms with van der Waals surface area (Å²) in [4.78, 5) is 22.5. The average molecular weight is 447 g/mol. The summed E-state index contributed by atoms with van der Waals surface area (Å²) in [6.45, 7) is 4.11. The summed E-state index contributed by atoms with van der Waals surface area (Å²) in [6.07, 6.45) is 4.11. The number of para-hydroxylation sites is 2. The molecule has 0 aliphatic rings. The number of aromatic nitrogens is 3. The minimum Gasteiger partial charge on any atom is -0.495 e. The monoisotopic (exact) mass is 446 g/mol. The van der Waals surface area contributed by atoms with Crippen LogP contribution < -0.4 is 10.1 Å². The van der Waals surface area contributed by atoms with Gasteiger partial charge in [-0.2, -0.15) is 0 Å². The van der Waals surface area contributed by atoms with Crippen LogP contribution in [0.2, 0.25) is 0 Å². The third kappa shape index (κ3) is 4.48. The average Bonchev–Trinajstić information content (AvgIpc) is 3.18. The van der Waals surface area contributed by atoms with E-state index in [1.165, 1.54) is 11.1 Å². The Labute approximate surface area is 192 Å². The normalized spacial score (nSPS) is 12.0. The summed E-state index contributed by atoms with van der Waals surface area (Å²) < 4.78 is 7.40. The van der Waals surface area contributed by atoms with Gasteiger partial charge in [0.1, 0.15) is 11.8 Å². The van der Waals surface area contributed by atoms with E-state index in [1.807, 2.05) is 54.0 Å².